The Balaban J connectivity index is 2.01. The molecule has 1 aromatic carbocycles. The summed E-state index contributed by atoms with van der Waals surface area (Å²) >= 11 is 0.783. The molecule has 1 fully saturated rings. The maximum atomic E-state index is 12.3. The number of ether oxygens (including phenoxy) is 1. The highest BCUT2D eigenvalue weighted by molar-refractivity contribution is 8.18. The molecule has 0 aliphatic carbocycles. The van der Waals surface area contributed by atoms with E-state index in [1.807, 2.05) is 6.92 Å². The molecule has 1 aliphatic heterocycles. The Morgan fingerprint density at radius 3 is 2.54 bits per heavy atom. The summed E-state index contributed by atoms with van der Waals surface area (Å²) in [4.78, 5) is 48.2. The topological polar surface area (TPSA) is 92.8 Å². The van der Waals surface area contributed by atoms with E-state index in [4.69, 9.17) is 4.74 Å². The van der Waals surface area contributed by atoms with Crippen LogP contribution in [0.1, 0.15) is 32.3 Å². The van der Waals surface area contributed by atoms with Crippen molar-refractivity contribution in [3.8, 4) is 0 Å². The fraction of sp³-hybridized carbons (Fsp3) is 0.333. The lowest BCUT2D eigenvalue weighted by Crippen LogP contribution is -2.34. The van der Waals surface area contributed by atoms with Crippen LogP contribution >= 0.6 is 11.8 Å². The maximum absolute atomic E-state index is 12.3. The minimum Gasteiger partial charge on any atom is -0.464 e. The Bertz CT molecular complexity index is 742. The molecular formula is C18H20N2O5S. The summed E-state index contributed by atoms with van der Waals surface area (Å²) in [5, 5.41) is 2.15. The Morgan fingerprint density at radius 2 is 1.92 bits per heavy atom. The number of hydrogen-bond donors (Lipinski definition) is 1. The molecule has 0 bridgehead atoms. The molecule has 0 radical (unpaired) electrons. The Kier molecular flexibility index (Phi) is 6.97. The van der Waals surface area contributed by atoms with Gasteiger partial charge in [-0.2, -0.15) is 0 Å². The number of carbonyl (C=O) groups is 4. The molecule has 0 aromatic heterocycles. The third-order valence-electron chi connectivity index (χ3n) is 3.45. The summed E-state index contributed by atoms with van der Waals surface area (Å²) in [6.07, 6.45) is 3.20. The highest BCUT2D eigenvalue weighted by Gasteiger charge is 2.36. The number of nitrogens with one attached hydrogen (secondary N) is 1. The van der Waals surface area contributed by atoms with Gasteiger partial charge in [0.1, 0.15) is 6.54 Å². The molecule has 0 saturated carbocycles. The van der Waals surface area contributed by atoms with Crippen molar-refractivity contribution >= 4 is 46.5 Å². The minimum atomic E-state index is -0.596. The average molecular weight is 376 g/mol. The number of benzene rings is 1. The van der Waals surface area contributed by atoms with Gasteiger partial charge >= 0.3 is 5.97 Å². The van der Waals surface area contributed by atoms with Crippen LogP contribution in [0.15, 0.2) is 29.2 Å². The third-order valence-corrected chi connectivity index (χ3v) is 4.36. The minimum absolute atomic E-state index is 0.176. The fourth-order valence-corrected chi connectivity index (χ4v) is 3.00. The first kappa shape index (κ1) is 19.7. The van der Waals surface area contributed by atoms with Gasteiger partial charge < -0.3 is 10.1 Å². The van der Waals surface area contributed by atoms with E-state index in [0.29, 0.717) is 11.3 Å². The molecule has 7 nitrogen and oxygen atoms in total. The zero-order valence-corrected chi connectivity index (χ0v) is 15.4. The number of unbranched alkanes of at least 4 members (excludes halogenated alkanes) is 1. The number of imide groups is 1. The highest BCUT2D eigenvalue weighted by atomic mass is 32.2. The second-order valence-electron chi connectivity index (χ2n) is 5.65. The van der Waals surface area contributed by atoms with Crippen LogP contribution < -0.4 is 5.32 Å². The molecular weight excluding hydrogens is 356 g/mol. The maximum Gasteiger partial charge on any atom is 0.326 e. The molecule has 1 aliphatic rings. The van der Waals surface area contributed by atoms with Gasteiger partial charge in [0, 0.05) is 12.6 Å². The van der Waals surface area contributed by atoms with E-state index in [1.165, 1.54) is 6.92 Å². The first-order chi connectivity index (χ1) is 12.4. The Morgan fingerprint density at radius 1 is 1.23 bits per heavy atom. The predicted octanol–water partition coefficient (Wildman–Crippen LogP) is 3.02. The lowest BCUT2D eigenvalue weighted by Gasteiger charge is -2.11. The van der Waals surface area contributed by atoms with E-state index in [-0.39, 0.29) is 24.0 Å². The van der Waals surface area contributed by atoms with E-state index in [1.54, 1.807) is 30.3 Å². The molecule has 1 aromatic rings. The smallest absolute Gasteiger partial charge is 0.326 e. The van der Waals surface area contributed by atoms with Crippen molar-refractivity contribution < 1.29 is 23.9 Å². The van der Waals surface area contributed by atoms with E-state index in [9.17, 15) is 19.2 Å². The first-order valence-corrected chi connectivity index (χ1v) is 9.01. The van der Waals surface area contributed by atoms with Gasteiger partial charge in [0.05, 0.1) is 11.5 Å². The predicted molar refractivity (Wildman–Crippen MR) is 99.3 cm³/mol. The van der Waals surface area contributed by atoms with Crippen LogP contribution in [0.25, 0.3) is 6.08 Å². The first-order valence-electron chi connectivity index (χ1n) is 8.19. The number of thioether (sulfide) groups is 1. The highest BCUT2D eigenvalue weighted by Crippen LogP contribution is 2.32. The molecule has 0 atom stereocenters. The summed E-state index contributed by atoms with van der Waals surface area (Å²) in [5.74, 6) is -1.29. The van der Waals surface area contributed by atoms with Crippen LogP contribution in [0.2, 0.25) is 0 Å². The lowest BCUT2D eigenvalue weighted by molar-refractivity contribution is -0.146. The quantitative estimate of drug-likeness (QED) is 0.447. The number of anilines is 1. The van der Waals surface area contributed by atoms with Crippen LogP contribution in [0.3, 0.4) is 0 Å². The standard InChI is InChI=1S/C18H20N2O5S/c1-3-4-9-25-16(22)11-20-17(23)15(26-18(20)24)10-13-5-7-14(8-6-13)19-12(2)21/h5-8,10H,3-4,9,11H2,1-2H3,(H,19,21)/b15-10-. The summed E-state index contributed by atoms with van der Waals surface area (Å²) in [7, 11) is 0. The summed E-state index contributed by atoms with van der Waals surface area (Å²) in [5.41, 5.74) is 1.34. The van der Waals surface area contributed by atoms with Gasteiger partial charge in [0.15, 0.2) is 0 Å². The second-order valence-corrected chi connectivity index (χ2v) is 6.64. The van der Waals surface area contributed by atoms with Crippen molar-refractivity contribution in [2.75, 3.05) is 18.5 Å². The van der Waals surface area contributed by atoms with Crippen LogP contribution in [0.4, 0.5) is 10.5 Å². The number of esters is 1. The summed E-state index contributed by atoms with van der Waals surface area (Å²) < 4.78 is 4.99. The normalized spacial score (nSPS) is 15.5. The zero-order chi connectivity index (χ0) is 19.1. The Hall–Kier alpha value is -2.61. The largest absolute Gasteiger partial charge is 0.464 e. The van der Waals surface area contributed by atoms with Gasteiger partial charge in [-0.3, -0.25) is 24.1 Å². The van der Waals surface area contributed by atoms with Gasteiger partial charge in [-0.05, 0) is 42.0 Å². The number of amides is 3. The van der Waals surface area contributed by atoms with E-state index in [2.05, 4.69) is 5.32 Å². The molecule has 2 rings (SSSR count). The summed E-state index contributed by atoms with van der Waals surface area (Å²) in [6.45, 7) is 3.28. The van der Waals surface area contributed by atoms with Crippen LogP contribution in [0, 0.1) is 0 Å². The lowest BCUT2D eigenvalue weighted by atomic mass is 10.2. The number of hydrogen-bond acceptors (Lipinski definition) is 6. The monoisotopic (exact) mass is 376 g/mol. The molecule has 1 N–H and O–H groups in total. The Labute approximate surface area is 155 Å². The molecule has 3 amide bonds. The van der Waals surface area contributed by atoms with Crippen LogP contribution in [-0.4, -0.2) is 41.1 Å². The zero-order valence-electron chi connectivity index (χ0n) is 14.6. The van der Waals surface area contributed by atoms with Crippen molar-refractivity contribution in [3.05, 3.63) is 34.7 Å². The van der Waals surface area contributed by atoms with Gasteiger partial charge in [-0.1, -0.05) is 25.5 Å². The van der Waals surface area contributed by atoms with Crippen LogP contribution in [0.5, 0.6) is 0 Å². The summed E-state index contributed by atoms with van der Waals surface area (Å²) in [6, 6.07) is 6.83. The fourth-order valence-electron chi connectivity index (χ4n) is 2.16. The molecule has 1 heterocycles. The van der Waals surface area contributed by atoms with Crippen molar-refractivity contribution in [3.63, 3.8) is 0 Å². The molecule has 1 saturated heterocycles. The van der Waals surface area contributed by atoms with Crippen molar-refractivity contribution in [2.24, 2.45) is 0 Å². The number of rotatable bonds is 7. The van der Waals surface area contributed by atoms with Gasteiger partial charge in [0.25, 0.3) is 11.1 Å². The average Bonchev–Trinajstić information content (AvgIpc) is 2.84. The molecule has 0 unspecified atom stereocenters. The van der Waals surface area contributed by atoms with Crippen LogP contribution in [-0.2, 0) is 19.1 Å². The van der Waals surface area contributed by atoms with E-state index in [0.717, 1.165) is 29.5 Å². The van der Waals surface area contributed by atoms with Gasteiger partial charge in [0.2, 0.25) is 5.91 Å². The van der Waals surface area contributed by atoms with Crippen molar-refractivity contribution in [1.82, 2.24) is 4.90 Å². The molecule has 26 heavy (non-hydrogen) atoms. The number of carbonyl (C=O) groups excluding carboxylic acids is 4. The van der Waals surface area contributed by atoms with Gasteiger partial charge in [-0.25, -0.2) is 0 Å². The molecule has 138 valence electrons. The van der Waals surface area contributed by atoms with E-state index < -0.39 is 17.1 Å². The second kappa shape index (κ2) is 9.19. The van der Waals surface area contributed by atoms with E-state index >= 15 is 0 Å². The molecule has 8 heteroatoms. The van der Waals surface area contributed by atoms with Crippen molar-refractivity contribution in [2.45, 2.75) is 26.7 Å². The van der Waals surface area contributed by atoms with Gasteiger partial charge in [-0.15, -0.1) is 0 Å². The van der Waals surface area contributed by atoms with Crippen molar-refractivity contribution in [1.29, 1.82) is 0 Å². The third kappa shape index (κ3) is 5.45. The molecule has 0 spiro atoms. The number of nitrogens with zero attached hydrogens (tertiary/aromatic N) is 1. The SMILES string of the molecule is CCCCOC(=O)CN1C(=O)S/C(=C\c2ccc(NC(C)=O)cc2)C1=O.